The normalized spacial score (nSPS) is 12.9. The second-order valence-corrected chi connectivity index (χ2v) is 9.70. The second-order valence-electron chi connectivity index (χ2n) is 9.70. The molecule has 0 aliphatic heterocycles. The van der Waals surface area contributed by atoms with Crippen LogP contribution in [0.15, 0.2) is 53.3 Å². The van der Waals surface area contributed by atoms with Gasteiger partial charge >= 0.3 is 11.9 Å². The molecule has 196 valence electrons. The van der Waals surface area contributed by atoms with Gasteiger partial charge in [-0.3, -0.25) is 9.13 Å². The van der Waals surface area contributed by atoms with Crippen LogP contribution in [0.25, 0.3) is 22.5 Å². The highest BCUT2D eigenvalue weighted by molar-refractivity contribution is 5.80. The van der Waals surface area contributed by atoms with E-state index in [1.54, 1.807) is 13.8 Å². The number of tetrazole rings is 1. The molecule has 10 heteroatoms. The molecule has 37 heavy (non-hydrogen) atoms. The van der Waals surface area contributed by atoms with Crippen LogP contribution in [-0.2, 0) is 19.1 Å². The lowest BCUT2D eigenvalue weighted by Gasteiger charge is -2.17. The molecule has 1 unspecified atom stereocenters. The molecule has 2 heterocycles. The fourth-order valence-electron chi connectivity index (χ4n) is 4.52. The Morgan fingerprint density at radius 2 is 1.68 bits per heavy atom. The quantitative estimate of drug-likeness (QED) is 0.293. The van der Waals surface area contributed by atoms with Crippen LogP contribution in [0, 0.1) is 5.92 Å². The lowest BCUT2D eigenvalue weighted by molar-refractivity contribution is -0.145. The molecule has 4 aromatic rings. The van der Waals surface area contributed by atoms with Gasteiger partial charge in [-0.15, -0.1) is 10.2 Å². The third-order valence-corrected chi connectivity index (χ3v) is 6.65. The van der Waals surface area contributed by atoms with Crippen LogP contribution in [0.2, 0.25) is 0 Å². The Labute approximate surface area is 213 Å². The van der Waals surface area contributed by atoms with Crippen LogP contribution in [0.3, 0.4) is 0 Å². The third-order valence-electron chi connectivity index (χ3n) is 6.65. The van der Waals surface area contributed by atoms with Crippen molar-refractivity contribution in [1.29, 1.82) is 0 Å². The molecule has 0 aliphatic rings. The first-order chi connectivity index (χ1) is 17.6. The number of aromatic nitrogens is 6. The number of nitrogens with zero attached hydrogens (tertiary/aromatic N) is 5. The molecular formula is C27H31F3N6O. The number of hydrogen-bond acceptors (Lipinski definition) is 4. The summed E-state index contributed by atoms with van der Waals surface area (Å²) >= 11 is 0. The minimum atomic E-state index is -4.62. The van der Waals surface area contributed by atoms with Gasteiger partial charge in [-0.25, -0.2) is 4.79 Å². The van der Waals surface area contributed by atoms with Crippen molar-refractivity contribution >= 4 is 0 Å². The number of halogens is 3. The van der Waals surface area contributed by atoms with E-state index in [1.807, 2.05) is 62.4 Å². The lowest BCUT2D eigenvalue weighted by atomic mass is 9.98. The zero-order valence-corrected chi connectivity index (χ0v) is 21.4. The maximum Gasteiger partial charge on any atom is 0.433 e. The van der Waals surface area contributed by atoms with Crippen LogP contribution in [0.5, 0.6) is 0 Å². The fraction of sp³-hybridized carbons (Fsp3) is 0.407. The Kier molecular flexibility index (Phi) is 7.65. The summed E-state index contributed by atoms with van der Waals surface area (Å²) in [6, 6.07) is 14.5. The molecule has 1 N–H and O–H groups in total. The largest absolute Gasteiger partial charge is 0.433 e. The molecule has 0 spiro atoms. The maximum atomic E-state index is 14.3. The number of H-pyrrole nitrogens is 1. The monoisotopic (exact) mass is 512 g/mol. The Morgan fingerprint density at radius 1 is 1.00 bits per heavy atom. The fourth-order valence-corrected chi connectivity index (χ4v) is 4.52. The molecule has 7 nitrogen and oxygen atoms in total. The van der Waals surface area contributed by atoms with Crippen LogP contribution < -0.4 is 5.69 Å². The summed E-state index contributed by atoms with van der Waals surface area (Å²) in [5.74, 6) is 0.669. The van der Waals surface area contributed by atoms with Gasteiger partial charge in [0.25, 0.3) is 0 Å². The van der Waals surface area contributed by atoms with Gasteiger partial charge in [-0.2, -0.15) is 18.4 Å². The summed E-state index contributed by atoms with van der Waals surface area (Å²) in [4.78, 5) is 13.4. The van der Waals surface area contributed by atoms with Crippen LogP contribution in [0.4, 0.5) is 13.2 Å². The van der Waals surface area contributed by atoms with Gasteiger partial charge in [0, 0.05) is 11.6 Å². The highest BCUT2D eigenvalue weighted by Gasteiger charge is 2.41. The molecule has 0 saturated carbocycles. The summed E-state index contributed by atoms with van der Waals surface area (Å²) in [7, 11) is 0. The van der Waals surface area contributed by atoms with Crippen molar-refractivity contribution in [3.05, 3.63) is 76.0 Å². The topological polar surface area (TPSA) is 81.4 Å². The van der Waals surface area contributed by atoms with Crippen molar-refractivity contribution in [2.24, 2.45) is 5.92 Å². The Bertz CT molecular complexity index is 1390. The first-order valence-corrected chi connectivity index (χ1v) is 12.4. The molecule has 1 atom stereocenters. The van der Waals surface area contributed by atoms with Crippen molar-refractivity contribution in [1.82, 2.24) is 29.8 Å². The molecule has 2 aromatic heterocycles. The van der Waals surface area contributed by atoms with E-state index >= 15 is 0 Å². The summed E-state index contributed by atoms with van der Waals surface area (Å²) < 4.78 is 45.0. The number of aromatic amines is 1. The zero-order chi connectivity index (χ0) is 26.7. The van der Waals surface area contributed by atoms with Crippen LogP contribution in [-0.4, -0.2) is 29.8 Å². The van der Waals surface area contributed by atoms with Crippen LogP contribution in [0.1, 0.15) is 63.5 Å². The number of benzene rings is 2. The molecule has 0 aliphatic carbocycles. The van der Waals surface area contributed by atoms with E-state index in [2.05, 4.69) is 20.6 Å². The molecule has 0 radical (unpaired) electrons. The predicted molar refractivity (Wildman–Crippen MR) is 136 cm³/mol. The van der Waals surface area contributed by atoms with Crippen molar-refractivity contribution in [2.45, 2.75) is 65.7 Å². The predicted octanol–water partition coefficient (Wildman–Crippen LogP) is 6.12. The van der Waals surface area contributed by atoms with Crippen molar-refractivity contribution < 1.29 is 13.2 Å². The Balaban J connectivity index is 1.74. The number of rotatable bonds is 9. The van der Waals surface area contributed by atoms with Gasteiger partial charge in [-0.05, 0) is 54.0 Å². The second kappa shape index (κ2) is 10.7. The smallest absolute Gasteiger partial charge is 0.291 e. The van der Waals surface area contributed by atoms with E-state index < -0.39 is 23.6 Å². The average molecular weight is 513 g/mol. The SMILES string of the molecule is CCC(C)n1c(C(F)(F)F)c(CCC(C)C)n(Cc2ccc(-c3ccccc3-c3nn[nH]n3)cc2)c1=O. The zero-order valence-electron chi connectivity index (χ0n) is 21.4. The summed E-state index contributed by atoms with van der Waals surface area (Å²) in [6.07, 6.45) is -3.46. The van der Waals surface area contributed by atoms with Crippen molar-refractivity contribution in [3.63, 3.8) is 0 Å². The molecule has 0 bridgehead atoms. The number of imidazole rings is 1. The molecule has 4 rings (SSSR count). The van der Waals surface area contributed by atoms with E-state index in [9.17, 15) is 18.0 Å². The highest BCUT2D eigenvalue weighted by atomic mass is 19.4. The average Bonchev–Trinajstić information content (AvgIpc) is 3.50. The van der Waals surface area contributed by atoms with E-state index in [0.717, 1.165) is 26.8 Å². The van der Waals surface area contributed by atoms with Crippen molar-refractivity contribution in [3.8, 4) is 22.5 Å². The van der Waals surface area contributed by atoms with Gasteiger partial charge in [-0.1, -0.05) is 69.3 Å². The number of alkyl halides is 3. The molecule has 0 amide bonds. The molecular weight excluding hydrogens is 481 g/mol. The highest BCUT2D eigenvalue weighted by Crippen LogP contribution is 2.35. The van der Waals surface area contributed by atoms with E-state index in [-0.39, 0.29) is 24.6 Å². The first-order valence-electron chi connectivity index (χ1n) is 12.4. The number of nitrogens with one attached hydrogen (secondary N) is 1. The van der Waals surface area contributed by atoms with Gasteiger partial charge in [0.05, 0.1) is 12.2 Å². The number of hydrogen-bond donors (Lipinski definition) is 1. The van der Waals surface area contributed by atoms with Gasteiger partial charge in [0.2, 0.25) is 5.82 Å². The minimum absolute atomic E-state index is 0.0537. The van der Waals surface area contributed by atoms with E-state index in [4.69, 9.17) is 0 Å². The third kappa shape index (κ3) is 5.52. The van der Waals surface area contributed by atoms with Gasteiger partial charge in [0.15, 0.2) is 0 Å². The Morgan fingerprint density at radius 3 is 2.24 bits per heavy atom. The molecule has 0 fully saturated rings. The molecule has 2 aromatic carbocycles. The first kappa shape index (κ1) is 26.4. The van der Waals surface area contributed by atoms with E-state index in [1.165, 1.54) is 4.57 Å². The van der Waals surface area contributed by atoms with Gasteiger partial charge < -0.3 is 0 Å². The lowest BCUT2D eigenvalue weighted by Crippen LogP contribution is -2.29. The summed E-state index contributed by atoms with van der Waals surface area (Å²) in [6.45, 7) is 7.43. The standard InChI is InChI=1S/C27H31F3N6O/c1-5-18(4)36-24(27(28,29)30)23(15-10-17(2)3)35(26(36)37)16-19-11-13-20(14-12-19)21-8-6-7-9-22(21)25-31-33-34-32-25/h6-9,11-14,17-18H,5,10,15-16H2,1-4H3,(H,31,32,33,34). The summed E-state index contributed by atoms with van der Waals surface area (Å²) in [5, 5.41) is 14.2. The van der Waals surface area contributed by atoms with Crippen molar-refractivity contribution in [2.75, 3.05) is 0 Å². The van der Waals surface area contributed by atoms with Gasteiger partial charge in [0.1, 0.15) is 5.69 Å². The molecule has 0 saturated heterocycles. The van der Waals surface area contributed by atoms with Crippen LogP contribution >= 0.6 is 0 Å². The van der Waals surface area contributed by atoms with E-state index in [0.29, 0.717) is 18.7 Å². The minimum Gasteiger partial charge on any atom is -0.291 e. The summed E-state index contributed by atoms with van der Waals surface area (Å²) in [5.41, 5.74) is 1.95. The Hall–Kier alpha value is -3.69. The maximum absolute atomic E-state index is 14.3.